The summed E-state index contributed by atoms with van der Waals surface area (Å²) in [4.78, 5) is 27.0. The van der Waals surface area contributed by atoms with Crippen molar-refractivity contribution in [3.63, 3.8) is 0 Å². The van der Waals surface area contributed by atoms with E-state index in [9.17, 15) is 9.59 Å². The minimum absolute atomic E-state index is 0.0000344. The fraction of sp³-hybridized carbons (Fsp3) is 0.391. The molecular formula is C23H27ClN2O2. The fourth-order valence-corrected chi connectivity index (χ4v) is 3.71. The van der Waals surface area contributed by atoms with E-state index in [1.807, 2.05) is 62.4 Å². The van der Waals surface area contributed by atoms with E-state index >= 15 is 0 Å². The highest BCUT2D eigenvalue weighted by Crippen LogP contribution is 2.44. The van der Waals surface area contributed by atoms with E-state index in [0.29, 0.717) is 17.1 Å². The average molecular weight is 399 g/mol. The van der Waals surface area contributed by atoms with Gasteiger partial charge in [-0.3, -0.25) is 9.59 Å². The molecule has 0 heterocycles. The topological polar surface area (TPSA) is 49.4 Å². The summed E-state index contributed by atoms with van der Waals surface area (Å²) >= 11 is 6.13. The Balaban J connectivity index is 1.65. The molecule has 0 aliphatic heterocycles. The number of rotatable bonds is 6. The number of nitrogens with zero attached hydrogens (tertiary/aromatic N) is 1. The number of benzene rings is 2. The molecule has 28 heavy (non-hydrogen) atoms. The molecule has 1 saturated carbocycles. The van der Waals surface area contributed by atoms with Gasteiger partial charge >= 0.3 is 0 Å². The zero-order chi connectivity index (χ0) is 20.3. The third-order valence-electron chi connectivity index (χ3n) is 5.77. The lowest BCUT2D eigenvalue weighted by molar-refractivity contribution is -0.130. The Hall–Kier alpha value is -2.33. The lowest BCUT2D eigenvalue weighted by Gasteiger charge is -2.40. The van der Waals surface area contributed by atoms with Crippen molar-refractivity contribution in [1.29, 1.82) is 0 Å². The molecule has 0 saturated heterocycles. The molecule has 0 radical (unpaired) electrons. The summed E-state index contributed by atoms with van der Waals surface area (Å²) in [5.41, 5.74) is 2.14. The maximum atomic E-state index is 13.0. The fourth-order valence-electron chi connectivity index (χ4n) is 3.52. The molecule has 2 aromatic carbocycles. The van der Waals surface area contributed by atoms with Crippen molar-refractivity contribution < 1.29 is 9.59 Å². The van der Waals surface area contributed by atoms with Gasteiger partial charge in [0.2, 0.25) is 5.91 Å². The first-order valence-corrected chi connectivity index (χ1v) is 10.1. The van der Waals surface area contributed by atoms with E-state index in [4.69, 9.17) is 11.6 Å². The van der Waals surface area contributed by atoms with Crippen molar-refractivity contribution in [3.05, 3.63) is 70.2 Å². The van der Waals surface area contributed by atoms with Crippen LogP contribution in [0.1, 0.15) is 54.6 Å². The third-order valence-corrected chi connectivity index (χ3v) is 6.00. The van der Waals surface area contributed by atoms with E-state index in [1.165, 1.54) is 0 Å². The van der Waals surface area contributed by atoms with Crippen LogP contribution in [0.15, 0.2) is 48.5 Å². The summed E-state index contributed by atoms with van der Waals surface area (Å²) in [6, 6.07) is 15.2. The van der Waals surface area contributed by atoms with E-state index in [1.54, 1.807) is 11.9 Å². The number of hydrogen-bond acceptors (Lipinski definition) is 2. The van der Waals surface area contributed by atoms with Gasteiger partial charge in [-0.1, -0.05) is 42.3 Å². The van der Waals surface area contributed by atoms with Crippen molar-refractivity contribution >= 4 is 23.4 Å². The van der Waals surface area contributed by atoms with Crippen molar-refractivity contribution in [1.82, 2.24) is 10.2 Å². The van der Waals surface area contributed by atoms with Crippen LogP contribution >= 0.6 is 11.6 Å². The number of amides is 2. The number of nitrogens with one attached hydrogen (secondary N) is 1. The van der Waals surface area contributed by atoms with Gasteiger partial charge in [0, 0.05) is 30.2 Å². The highest BCUT2D eigenvalue weighted by Gasteiger charge is 2.45. The molecule has 1 fully saturated rings. The normalized spacial score (nSPS) is 15.0. The van der Waals surface area contributed by atoms with Crippen LogP contribution < -0.4 is 5.32 Å². The van der Waals surface area contributed by atoms with E-state index in [-0.39, 0.29) is 17.9 Å². The minimum Gasteiger partial charge on any atom is -0.351 e. The van der Waals surface area contributed by atoms with Crippen LogP contribution in [0.25, 0.3) is 0 Å². The SMILES string of the molecule is CC(C)N(C)C(=O)c1ccc(CNC(=O)C2(c3cccc(Cl)c3)CCC2)cc1. The predicted molar refractivity (Wildman–Crippen MR) is 112 cm³/mol. The van der Waals surface area contributed by atoms with Crippen molar-refractivity contribution in [2.75, 3.05) is 7.05 Å². The van der Waals surface area contributed by atoms with Gasteiger partial charge in [-0.2, -0.15) is 0 Å². The molecular weight excluding hydrogens is 372 g/mol. The van der Waals surface area contributed by atoms with Gasteiger partial charge in [0.25, 0.3) is 5.91 Å². The first kappa shape index (κ1) is 20.4. The molecule has 1 aliphatic rings. The third kappa shape index (κ3) is 4.07. The largest absolute Gasteiger partial charge is 0.351 e. The summed E-state index contributed by atoms with van der Waals surface area (Å²) in [5, 5.41) is 3.73. The Labute approximate surface area is 171 Å². The van der Waals surface area contributed by atoms with Gasteiger partial charge in [-0.15, -0.1) is 0 Å². The highest BCUT2D eigenvalue weighted by atomic mass is 35.5. The van der Waals surface area contributed by atoms with Crippen LogP contribution in [-0.4, -0.2) is 29.8 Å². The highest BCUT2D eigenvalue weighted by molar-refractivity contribution is 6.30. The Morgan fingerprint density at radius 3 is 2.36 bits per heavy atom. The maximum absolute atomic E-state index is 13.0. The smallest absolute Gasteiger partial charge is 0.253 e. The summed E-state index contributed by atoms with van der Waals surface area (Å²) in [5.74, 6) is 0.0423. The van der Waals surface area contributed by atoms with Crippen molar-refractivity contribution in [2.45, 2.75) is 51.1 Å². The standard InChI is InChI=1S/C23H27ClN2O2/c1-16(2)26(3)21(27)18-10-8-17(9-11-18)15-25-22(28)23(12-5-13-23)19-6-4-7-20(24)14-19/h4,6-11,14,16H,5,12-13,15H2,1-3H3,(H,25,28). The van der Waals surface area contributed by atoms with Crippen LogP contribution in [0.3, 0.4) is 0 Å². The molecule has 3 rings (SSSR count). The van der Waals surface area contributed by atoms with E-state index < -0.39 is 5.41 Å². The molecule has 1 aliphatic carbocycles. The molecule has 148 valence electrons. The second-order valence-electron chi connectivity index (χ2n) is 7.84. The first-order chi connectivity index (χ1) is 13.3. The summed E-state index contributed by atoms with van der Waals surface area (Å²) < 4.78 is 0. The monoisotopic (exact) mass is 398 g/mol. The number of carbonyl (C=O) groups excluding carboxylic acids is 2. The van der Waals surface area contributed by atoms with Crippen LogP contribution in [0, 0.1) is 0 Å². The Kier molecular flexibility index (Phi) is 6.09. The van der Waals surface area contributed by atoms with E-state index in [2.05, 4.69) is 5.32 Å². The molecule has 2 aromatic rings. The molecule has 0 bridgehead atoms. The molecule has 5 heteroatoms. The second-order valence-corrected chi connectivity index (χ2v) is 8.27. The molecule has 0 spiro atoms. The van der Waals surface area contributed by atoms with Crippen molar-refractivity contribution in [2.24, 2.45) is 0 Å². The Morgan fingerprint density at radius 1 is 1.14 bits per heavy atom. The zero-order valence-electron chi connectivity index (χ0n) is 16.7. The number of hydrogen-bond donors (Lipinski definition) is 1. The summed E-state index contributed by atoms with van der Waals surface area (Å²) in [6.45, 7) is 4.41. The van der Waals surface area contributed by atoms with Crippen LogP contribution in [-0.2, 0) is 16.8 Å². The molecule has 2 amide bonds. The van der Waals surface area contributed by atoms with E-state index in [0.717, 1.165) is 30.4 Å². The average Bonchev–Trinajstić information content (AvgIpc) is 2.64. The molecule has 0 aromatic heterocycles. The molecule has 1 N–H and O–H groups in total. The van der Waals surface area contributed by atoms with Crippen LogP contribution in [0.5, 0.6) is 0 Å². The summed E-state index contributed by atoms with van der Waals surface area (Å²) in [7, 11) is 1.80. The second kappa shape index (κ2) is 8.36. The lowest BCUT2D eigenvalue weighted by atomic mass is 9.64. The Bertz CT molecular complexity index is 857. The summed E-state index contributed by atoms with van der Waals surface area (Å²) in [6.07, 6.45) is 2.72. The van der Waals surface area contributed by atoms with Crippen LogP contribution in [0.4, 0.5) is 0 Å². The molecule has 0 atom stereocenters. The van der Waals surface area contributed by atoms with Crippen LogP contribution in [0.2, 0.25) is 5.02 Å². The van der Waals surface area contributed by atoms with Gasteiger partial charge in [-0.05, 0) is 62.1 Å². The molecule has 4 nitrogen and oxygen atoms in total. The zero-order valence-corrected chi connectivity index (χ0v) is 17.4. The van der Waals surface area contributed by atoms with Gasteiger partial charge in [0.15, 0.2) is 0 Å². The molecule has 0 unspecified atom stereocenters. The lowest BCUT2D eigenvalue weighted by Crippen LogP contribution is -2.49. The number of halogens is 1. The van der Waals surface area contributed by atoms with Gasteiger partial charge in [0.1, 0.15) is 0 Å². The van der Waals surface area contributed by atoms with Gasteiger partial charge in [-0.25, -0.2) is 0 Å². The quantitative estimate of drug-likeness (QED) is 0.775. The first-order valence-electron chi connectivity index (χ1n) is 9.74. The maximum Gasteiger partial charge on any atom is 0.253 e. The number of carbonyl (C=O) groups is 2. The Morgan fingerprint density at radius 2 is 1.82 bits per heavy atom. The predicted octanol–water partition coefficient (Wildman–Crippen LogP) is 4.56. The van der Waals surface area contributed by atoms with Gasteiger partial charge in [0.05, 0.1) is 5.41 Å². The minimum atomic E-state index is -0.471. The van der Waals surface area contributed by atoms with Gasteiger partial charge < -0.3 is 10.2 Å². The van der Waals surface area contributed by atoms with Crippen molar-refractivity contribution in [3.8, 4) is 0 Å².